The summed E-state index contributed by atoms with van der Waals surface area (Å²) in [5, 5.41) is 0. The Kier molecular flexibility index (Phi) is 7.74. The molecule has 0 bridgehead atoms. The van der Waals surface area contributed by atoms with E-state index in [1.165, 1.54) is 26.0 Å². The molecule has 0 aromatic heterocycles. The van der Waals surface area contributed by atoms with Gasteiger partial charge in [0.2, 0.25) is 5.91 Å². The third kappa shape index (κ3) is 5.91. The molecule has 1 rings (SSSR count). The van der Waals surface area contributed by atoms with Crippen LogP contribution in [0.25, 0.3) is 0 Å². The van der Waals surface area contributed by atoms with Crippen molar-refractivity contribution in [2.45, 2.75) is 26.3 Å². The summed E-state index contributed by atoms with van der Waals surface area (Å²) < 4.78 is 15.1. The summed E-state index contributed by atoms with van der Waals surface area (Å²) >= 11 is 0. The van der Waals surface area contributed by atoms with Crippen molar-refractivity contribution in [2.24, 2.45) is 0 Å². The van der Waals surface area contributed by atoms with Crippen LogP contribution >= 0.6 is 0 Å². The Bertz CT molecular complexity index is 599. The molecule has 0 aliphatic rings. The van der Waals surface area contributed by atoms with E-state index in [0.29, 0.717) is 11.5 Å². The van der Waals surface area contributed by atoms with Gasteiger partial charge in [-0.05, 0) is 19.1 Å². The number of carbonyl (C=O) groups is 3. The minimum absolute atomic E-state index is 0.0542. The molecule has 0 heterocycles. The Morgan fingerprint density at radius 2 is 1.79 bits per heavy atom. The molecule has 1 amide bonds. The van der Waals surface area contributed by atoms with Crippen LogP contribution in [-0.2, 0) is 25.7 Å². The van der Waals surface area contributed by atoms with E-state index in [1.54, 1.807) is 25.3 Å². The number of Topliss-reactive ketones (excluding diaryl/α,β-unsaturated/α-hetero) is 1. The summed E-state index contributed by atoms with van der Waals surface area (Å²) in [4.78, 5) is 36.3. The second-order valence-corrected chi connectivity index (χ2v) is 5.20. The fraction of sp³-hybridized carbons (Fsp3) is 0.471. The molecule has 0 fully saturated rings. The van der Waals surface area contributed by atoms with Crippen molar-refractivity contribution in [3.63, 3.8) is 0 Å². The van der Waals surface area contributed by atoms with Crippen molar-refractivity contribution < 1.29 is 28.6 Å². The van der Waals surface area contributed by atoms with E-state index in [4.69, 9.17) is 9.47 Å². The number of nitrogens with zero attached hydrogens (tertiary/aromatic N) is 1. The van der Waals surface area contributed by atoms with Crippen LogP contribution in [0.1, 0.15) is 25.3 Å². The Balaban J connectivity index is 2.96. The monoisotopic (exact) mass is 337 g/mol. The van der Waals surface area contributed by atoms with Crippen LogP contribution in [0.3, 0.4) is 0 Å². The number of rotatable bonds is 9. The lowest BCUT2D eigenvalue weighted by molar-refractivity contribution is -0.142. The number of hydrogen-bond donors (Lipinski definition) is 0. The number of amides is 1. The highest BCUT2D eigenvalue weighted by atomic mass is 16.5. The third-order valence-corrected chi connectivity index (χ3v) is 3.42. The minimum Gasteiger partial charge on any atom is -0.497 e. The van der Waals surface area contributed by atoms with Gasteiger partial charge in [0, 0.05) is 24.7 Å². The summed E-state index contributed by atoms with van der Waals surface area (Å²) in [7, 11) is 4.36. The van der Waals surface area contributed by atoms with E-state index in [1.807, 2.05) is 0 Å². The molecular weight excluding hydrogens is 314 g/mol. The zero-order chi connectivity index (χ0) is 18.1. The topological polar surface area (TPSA) is 82.1 Å². The standard InChI is InChI=1S/C17H23NO6/c1-12(19)9-16(20)18(8-7-17(21)24-4)11-13-5-6-14(22-2)10-15(13)23-3/h5-6,10H,7-9,11H2,1-4H3. The second-order valence-electron chi connectivity index (χ2n) is 5.20. The smallest absolute Gasteiger partial charge is 0.307 e. The van der Waals surface area contributed by atoms with Gasteiger partial charge in [0.1, 0.15) is 17.3 Å². The first-order valence-corrected chi connectivity index (χ1v) is 7.46. The van der Waals surface area contributed by atoms with Crippen molar-refractivity contribution in [1.82, 2.24) is 4.90 Å². The van der Waals surface area contributed by atoms with E-state index < -0.39 is 5.97 Å². The van der Waals surface area contributed by atoms with Crippen LogP contribution in [0, 0.1) is 0 Å². The number of carbonyl (C=O) groups excluding carboxylic acids is 3. The molecule has 0 saturated heterocycles. The number of methoxy groups -OCH3 is 3. The molecule has 0 radical (unpaired) electrons. The first kappa shape index (κ1) is 19.5. The first-order chi connectivity index (χ1) is 11.4. The molecule has 0 aliphatic heterocycles. The van der Waals surface area contributed by atoms with Crippen LogP contribution in [0.15, 0.2) is 18.2 Å². The lowest BCUT2D eigenvalue weighted by atomic mass is 10.1. The molecule has 0 aliphatic carbocycles. The zero-order valence-electron chi connectivity index (χ0n) is 14.5. The fourth-order valence-corrected chi connectivity index (χ4v) is 2.13. The molecule has 132 valence electrons. The molecule has 0 spiro atoms. The van der Waals surface area contributed by atoms with Gasteiger partial charge >= 0.3 is 5.97 Å². The van der Waals surface area contributed by atoms with E-state index in [0.717, 1.165) is 5.56 Å². The van der Waals surface area contributed by atoms with Crippen LogP contribution in [0.2, 0.25) is 0 Å². The van der Waals surface area contributed by atoms with E-state index in [-0.39, 0.29) is 37.6 Å². The van der Waals surface area contributed by atoms with E-state index >= 15 is 0 Å². The maximum absolute atomic E-state index is 12.3. The first-order valence-electron chi connectivity index (χ1n) is 7.46. The molecule has 7 heteroatoms. The van der Waals surface area contributed by atoms with Gasteiger partial charge in [0.15, 0.2) is 0 Å². The van der Waals surface area contributed by atoms with Gasteiger partial charge < -0.3 is 19.1 Å². The van der Waals surface area contributed by atoms with Crippen LogP contribution in [0.4, 0.5) is 0 Å². The lowest BCUT2D eigenvalue weighted by Crippen LogP contribution is -2.33. The number of esters is 1. The van der Waals surface area contributed by atoms with E-state index in [2.05, 4.69) is 4.74 Å². The van der Waals surface area contributed by atoms with Crippen molar-refractivity contribution in [3.8, 4) is 11.5 Å². The molecule has 0 N–H and O–H groups in total. The number of ketones is 1. The Hall–Kier alpha value is -2.57. The summed E-state index contributed by atoms with van der Waals surface area (Å²) in [6.07, 6.45) is -0.155. The van der Waals surface area contributed by atoms with Crippen LogP contribution < -0.4 is 9.47 Å². The summed E-state index contributed by atoms with van der Waals surface area (Å²) in [6.45, 7) is 1.73. The van der Waals surface area contributed by atoms with Crippen molar-refractivity contribution in [3.05, 3.63) is 23.8 Å². The van der Waals surface area contributed by atoms with Gasteiger partial charge in [-0.3, -0.25) is 14.4 Å². The highest BCUT2D eigenvalue weighted by Crippen LogP contribution is 2.26. The van der Waals surface area contributed by atoms with Gasteiger partial charge in [-0.25, -0.2) is 0 Å². The molecule has 24 heavy (non-hydrogen) atoms. The van der Waals surface area contributed by atoms with Gasteiger partial charge in [-0.1, -0.05) is 0 Å². The van der Waals surface area contributed by atoms with E-state index in [9.17, 15) is 14.4 Å². The normalized spacial score (nSPS) is 10.0. The SMILES string of the molecule is COC(=O)CCN(Cc1ccc(OC)cc1OC)C(=O)CC(C)=O. The lowest BCUT2D eigenvalue weighted by Gasteiger charge is -2.23. The van der Waals surface area contributed by atoms with Crippen LogP contribution in [0.5, 0.6) is 11.5 Å². The fourth-order valence-electron chi connectivity index (χ4n) is 2.13. The molecule has 1 aromatic rings. The molecule has 1 aromatic carbocycles. The molecule has 0 atom stereocenters. The van der Waals surface area contributed by atoms with Crippen molar-refractivity contribution >= 4 is 17.7 Å². The molecule has 0 saturated carbocycles. The summed E-state index contributed by atoms with van der Waals surface area (Å²) in [5.74, 6) is 0.200. The average Bonchev–Trinajstić information content (AvgIpc) is 2.57. The number of ether oxygens (including phenoxy) is 3. The van der Waals surface area contributed by atoms with Gasteiger partial charge in [-0.2, -0.15) is 0 Å². The number of hydrogen-bond acceptors (Lipinski definition) is 6. The highest BCUT2D eigenvalue weighted by molar-refractivity contribution is 5.96. The maximum Gasteiger partial charge on any atom is 0.307 e. The van der Waals surface area contributed by atoms with Gasteiger partial charge in [-0.15, -0.1) is 0 Å². The molecular formula is C17H23NO6. The van der Waals surface area contributed by atoms with Crippen molar-refractivity contribution in [1.29, 1.82) is 0 Å². The third-order valence-electron chi connectivity index (χ3n) is 3.42. The predicted molar refractivity (Wildman–Crippen MR) is 86.9 cm³/mol. The maximum atomic E-state index is 12.3. The van der Waals surface area contributed by atoms with Crippen molar-refractivity contribution in [2.75, 3.05) is 27.9 Å². The quantitative estimate of drug-likeness (QED) is 0.502. The molecule has 7 nitrogen and oxygen atoms in total. The second kappa shape index (κ2) is 9.54. The highest BCUT2D eigenvalue weighted by Gasteiger charge is 2.19. The molecule has 0 unspecified atom stereocenters. The minimum atomic E-state index is -0.419. The average molecular weight is 337 g/mol. The van der Waals surface area contributed by atoms with Crippen LogP contribution in [-0.4, -0.2) is 50.4 Å². The predicted octanol–water partition coefficient (Wildman–Crippen LogP) is 1.57. The van der Waals surface area contributed by atoms with Gasteiger partial charge in [0.05, 0.1) is 34.2 Å². The largest absolute Gasteiger partial charge is 0.497 e. The summed E-state index contributed by atoms with van der Waals surface area (Å²) in [6, 6.07) is 5.25. The Morgan fingerprint density at radius 1 is 1.08 bits per heavy atom. The zero-order valence-corrected chi connectivity index (χ0v) is 14.5. The Morgan fingerprint density at radius 3 is 2.33 bits per heavy atom. The summed E-state index contributed by atoms with van der Waals surface area (Å²) in [5.41, 5.74) is 0.750. The number of benzene rings is 1. The van der Waals surface area contributed by atoms with Gasteiger partial charge in [0.25, 0.3) is 0 Å². The Labute approximate surface area is 141 Å².